The van der Waals surface area contributed by atoms with Crippen molar-refractivity contribution in [1.29, 1.82) is 0 Å². The van der Waals surface area contributed by atoms with E-state index in [2.05, 4.69) is 0 Å². The van der Waals surface area contributed by atoms with Crippen LogP contribution in [0.3, 0.4) is 0 Å². The summed E-state index contributed by atoms with van der Waals surface area (Å²) >= 11 is 0. The highest BCUT2D eigenvalue weighted by molar-refractivity contribution is 5.51. The lowest BCUT2D eigenvalue weighted by Gasteiger charge is -2.10. The molecule has 0 bridgehead atoms. The molecule has 0 amide bonds. The lowest BCUT2D eigenvalue weighted by Crippen LogP contribution is -1.95. The Morgan fingerprint density at radius 3 is 2.58 bits per heavy atom. The Morgan fingerprint density at radius 1 is 1.11 bits per heavy atom. The summed E-state index contributed by atoms with van der Waals surface area (Å²) in [5, 5.41) is 0. The third-order valence-electron chi connectivity index (χ3n) is 2.53. The second-order valence-electron chi connectivity index (χ2n) is 4.21. The lowest BCUT2D eigenvalue weighted by atomic mass is 10.2. The van der Waals surface area contributed by atoms with E-state index in [1.165, 1.54) is 6.07 Å². The molecular weight excluding hydrogens is 245 g/mol. The number of nitrogens with two attached hydrogens (primary N) is 1. The van der Waals surface area contributed by atoms with E-state index < -0.39 is 5.82 Å². The Labute approximate surface area is 111 Å². The fourth-order valence-electron chi connectivity index (χ4n) is 1.72. The fraction of sp³-hybridized carbons (Fsp3) is 0.200. The molecule has 2 N–H and O–H groups in total. The zero-order chi connectivity index (χ0) is 13.8. The molecule has 0 aliphatic carbocycles. The van der Waals surface area contributed by atoms with Crippen molar-refractivity contribution in [2.75, 3.05) is 12.3 Å². The van der Waals surface area contributed by atoms with Crippen molar-refractivity contribution in [3.63, 3.8) is 0 Å². The third kappa shape index (κ3) is 3.37. The number of nitrogen functional groups attached to an aromatic ring is 1. The zero-order valence-electron chi connectivity index (χ0n) is 10.9. The van der Waals surface area contributed by atoms with Gasteiger partial charge in [-0.3, -0.25) is 0 Å². The molecule has 2 rings (SSSR count). The van der Waals surface area contributed by atoms with E-state index in [1.54, 1.807) is 30.3 Å². The molecule has 0 radical (unpaired) electrons. The maximum absolute atomic E-state index is 13.6. The van der Waals surface area contributed by atoms with Crippen LogP contribution in [0.5, 0.6) is 17.2 Å². The number of ether oxygens (including phenoxy) is 2. The van der Waals surface area contributed by atoms with E-state index in [0.717, 1.165) is 5.56 Å². The zero-order valence-corrected chi connectivity index (χ0v) is 10.9. The van der Waals surface area contributed by atoms with Crippen LogP contribution < -0.4 is 15.2 Å². The van der Waals surface area contributed by atoms with Gasteiger partial charge in [-0.15, -0.1) is 0 Å². The third-order valence-corrected chi connectivity index (χ3v) is 2.53. The molecule has 2 aromatic rings. The van der Waals surface area contributed by atoms with Crippen LogP contribution in [-0.4, -0.2) is 6.61 Å². The molecule has 0 fully saturated rings. The van der Waals surface area contributed by atoms with Gasteiger partial charge in [0.25, 0.3) is 0 Å². The molecule has 4 heteroatoms. The van der Waals surface area contributed by atoms with Crippen LogP contribution in [0.2, 0.25) is 0 Å². The summed E-state index contributed by atoms with van der Waals surface area (Å²) in [6.07, 6.45) is 0. The van der Waals surface area contributed by atoms with Crippen molar-refractivity contribution in [3.8, 4) is 17.2 Å². The van der Waals surface area contributed by atoms with Crippen LogP contribution in [0, 0.1) is 12.7 Å². The van der Waals surface area contributed by atoms with Crippen LogP contribution in [-0.2, 0) is 0 Å². The normalized spacial score (nSPS) is 10.3. The van der Waals surface area contributed by atoms with Gasteiger partial charge in [0.05, 0.1) is 6.61 Å². The second kappa shape index (κ2) is 5.61. The van der Waals surface area contributed by atoms with Gasteiger partial charge in [0.15, 0.2) is 11.6 Å². The Morgan fingerprint density at radius 2 is 1.84 bits per heavy atom. The van der Waals surface area contributed by atoms with Crippen LogP contribution >= 0.6 is 0 Å². The molecule has 0 spiro atoms. The Bertz CT molecular complexity index is 584. The average Bonchev–Trinajstić information content (AvgIpc) is 2.33. The van der Waals surface area contributed by atoms with E-state index >= 15 is 0 Å². The quantitative estimate of drug-likeness (QED) is 0.849. The monoisotopic (exact) mass is 261 g/mol. The first kappa shape index (κ1) is 13.2. The molecule has 0 aromatic heterocycles. The molecule has 0 saturated heterocycles. The summed E-state index contributed by atoms with van der Waals surface area (Å²) < 4.78 is 24.5. The molecule has 0 saturated carbocycles. The minimum atomic E-state index is -0.411. The number of halogens is 1. The largest absolute Gasteiger partial charge is 0.494 e. The first-order valence-corrected chi connectivity index (χ1v) is 6.06. The van der Waals surface area contributed by atoms with Crippen molar-refractivity contribution < 1.29 is 13.9 Å². The number of rotatable bonds is 4. The molecule has 0 aliphatic rings. The van der Waals surface area contributed by atoms with Crippen molar-refractivity contribution in [2.45, 2.75) is 13.8 Å². The van der Waals surface area contributed by atoms with E-state index in [0.29, 0.717) is 23.8 Å². The minimum Gasteiger partial charge on any atom is -0.494 e. The summed E-state index contributed by atoms with van der Waals surface area (Å²) in [4.78, 5) is 0. The molecule has 0 heterocycles. The predicted molar refractivity (Wildman–Crippen MR) is 73.2 cm³/mol. The number of hydrogen-bond acceptors (Lipinski definition) is 3. The molecule has 19 heavy (non-hydrogen) atoms. The summed E-state index contributed by atoms with van der Waals surface area (Å²) in [5.41, 5.74) is 7.19. The van der Waals surface area contributed by atoms with Crippen molar-refractivity contribution in [1.82, 2.24) is 0 Å². The van der Waals surface area contributed by atoms with Gasteiger partial charge in [0.2, 0.25) is 0 Å². The van der Waals surface area contributed by atoms with E-state index in [4.69, 9.17) is 15.2 Å². The SMILES string of the molecule is CCOc1cc(N)cc(Oc2cc(C)ccc2F)c1. The predicted octanol–water partition coefficient (Wildman–Crippen LogP) is 3.91. The van der Waals surface area contributed by atoms with Gasteiger partial charge in [0, 0.05) is 23.9 Å². The van der Waals surface area contributed by atoms with E-state index in [9.17, 15) is 4.39 Å². The number of aryl methyl sites for hydroxylation is 1. The lowest BCUT2D eigenvalue weighted by molar-refractivity contribution is 0.338. The molecule has 0 atom stereocenters. The first-order chi connectivity index (χ1) is 9.08. The average molecular weight is 261 g/mol. The molecular formula is C15H16FNO2. The van der Waals surface area contributed by atoms with Gasteiger partial charge in [-0.25, -0.2) is 4.39 Å². The van der Waals surface area contributed by atoms with Crippen LogP contribution in [0.25, 0.3) is 0 Å². The van der Waals surface area contributed by atoms with Crippen molar-refractivity contribution in [3.05, 3.63) is 47.8 Å². The maximum Gasteiger partial charge on any atom is 0.165 e. The summed E-state index contributed by atoms with van der Waals surface area (Å²) in [7, 11) is 0. The topological polar surface area (TPSA) is 44.5 Å². The van der Waals surface area contributed by atoms with E-state index in [-0.39, 0.29) is 5.75 Å². The summed E-state index contributed by atoms with van der Waals surface area (Å²) in [6.45, 7) is 4.28. The molecule has 0 unspecified atom stereocenters. The summed E-state index contributed by atoms with van der Waals surface area (Å²) in [6, 6.07) is 9.71. The van der Waals surface area contributed by atoms with Gasteiger partial charge in [-0.2, -0.15) is 0 Å². The smallest absolute Gasteiger partial charge is 0.165 e. The first-order valence-electron chi connectivity index (χ1n) is 6.06. The number of anilines is 1. The van der Waals surface area contributed by atoms with Gasteiger partial charge < -0.3 is 15.2 Å². The molecule has 3 nitrogen and oxygen atoms in total. The molecule has 0 aliphatic heterocycles. The highest BCUT2D eigenvalue weighted by Crippen LogP contribution is 2.30. The van der Waals surface area contributed by atoms with Crippen molar-refractivity contribution in [2.24, 2.45) is 0 Å². The van der Waals surface area contributed by atoms with Crippen molar-refractivity contribution >= 4 is 5.69 Å². The van der Waals surface area contributed by atoms with Crippen LogP contribution in [0.4, 0.5) is 10.1 Å². The van der Waals surface area contributed by atoms with Crippen LogP contribution in [0.1, 0.15) is 12.5 Å². The van der Waals surface area contributed by atoms with Gasteiger partial charge in [0.1, 0.15) is 11.5 Å². The van der Waals surface area contributed by atoms with E-state index in [1.807, 2.05) is 13.8 Å². The standard InChI is InChI=1S/C15H16FNO2/c1-3-18-12-7-11(17)8-13(9-12)19-15-6-10(2)4-5-14(15)16/h4-9H,3,17H2,1-2H3. The van der Waals surface area contributed by atoms with Gasteiger partial charge >= 0.3 is 0 Å². The summed E-state index contributed by atoms with van der Waals surface area (Å²) in [5.74, 6) is 0.817. The molecule has 2 aromatic carbocycles. The Balaban J connectivity index is 2.29. The minimum absolute atomic E-state index is 0.174. The highest BCUT2D eigenvalue weighted by atomic mass is 19.1. The Kier molecular flexibility index (Phi) is 3.90. The van der Waals surface area contributed by atoms with Crippen LogP contribution in [0.15, 0.2) is 36.4 Å². The maximum atomic E-state index is 13.6. The highest BCUT2D eigenvalue weighted by Gasteiger charge is 2.07. The number of hydrogen-bond donors (Lipinski definition) is 1. The fourth-order valence-corrected chi connectivity index (χ4v) is 1.72. The van der Waals surface area contributed by atoms with Gasteiger partial charge in [-0.05, 0) is 31.5 Å². The number of benzene rings is 2. The molecule has 100 valence electrons. The second-order valence-corrected chi connectivity index (χ2v) is 4.21. The Hall–Kier alpha value is -2.23. The van der Waals surface area contributed by atoms with Gasteiger partial charge in [-0.1, -0.05) is 6.07 Å².